The number of nitrogens with one attached hydrogen (secondary N) is 2. The molecule has 6 rings (SSSR count). The van der Waals surface area contributed by atoms with Crippen LogP contribution in [0.2, 0.25) is 0 Å². The second-order valence-electron chi connectivity index (χ2n) is 10.3. The highest BCUT2D eigenvalue weighted by Gasteiger charge is 2.44. The van der Waals surface area contributed by atoms with Crippen molar-refractivity contribution in [1.29, 1.82) is 0 Å². The van der Waals surface area contributed by atoms with Crippen LogP contribution in [0.25, 0.3) is 28.2 Å². The van der Waals surface area contributed by atoms with E-state index in [4.69, 9.17) is 0 Å². The molecule has 1 amide bonds. The van der Waals surface area contributed by atoms with Crippen molar-refractivity contribution >= 4 is 34.4 Å². The highest BCUT2D eigenvalue weighted by molar-refractivity contribution is 6.14. The Balaban J connectivity index is 1.40. The summed E-state index contributed by atoms with van der Waals surface area (Å²) in [5, 5.41) is 3.98. The maximum absolute atomic E-state index is 13.4. The average Bonchev–Trinajstić information content (AvgIpc) is 3.63. The van der Waals surface area contributed by atoms with Crippen LogP contribution in [-0.2, 0) is 4.79 Å². The molecular formula is C32H29FN2O2. The number of ketones is 1. The number of Topliss-reactive ketones (excluding diaryl/α,β-unsaturated/α-hetero) is 1. The molecule has 0 radical (unpaired) electrons. The number of halogens is 1. The summed E-state index contributed by atoms with van der Waals surface area (Å²) in [6, 6.07) is 20.3. The second-order valence-corrected chi connectivity index (χ2v) is 10.3. The highest BCUT2D eigenvalue weighted by Crippen LogP contribution is 2.48. The van der Waals surface area contributed by atoms with Gasteiger partial charge in [-0.25, -0.2) is 4.39 Å². The molecule has 1 heterocycles. The quantitative estimate of drug-likeness (QED) is 0.304. The Labute approximate surface area is 215 Å². The number of anilines is 1. The van der Waals surface area contributed by atoms with Gasteiger partial charge >= 0.3 is 0 Å². The third-order valence-corrected chi connectivity index (χ3v) is 7.61. The van der Waals surface area contributed by atoms with E-state index < -0.39 is 0 Å². The molecule has 1 saturated carbocycles. The minimum Gasteiger partial charge on any atom is -0.354 e. The number of benzene rings is 3. The molecular weight excluding hydrogens is 463 g/mol. The standard InChI is InChI=1S/C32H29FN2O2/c1-19-7-5-6-10-29(36)26-16-23(34-32(37)25-18-24(25)20-11-13-22(33)14-12-20)17-28-30(26)27(15-19)31(35-28)21-8-3-2-4-9-21/h2-4,8-9,11-17,24-25,35H,5-7,10,18H2,1H3,(H,34,37)/b19-15-. The van der Waals surface area contributed by atoms with E-state index in [1.165, 1.54) is 17.7 Å². The summed E-state index contributed by atoms with van der Waals surface area (Å²) < 4.78 is 13.3. The van der Waals surface area contributed by atoms with E-state index in [1.54, 1.807) is 12.1 Å². The maximum Gasteiger partial charge on any atom is 0.228 e. The first kappa shape index (κ1) is 23.4. The molecule has 5 heteroatoms. The average molecular weight is 493 g/mol. The molecule has 0 bridgehead atoms. The molecule has 0 saturated heterocycles. The number of carbonyl (C=O) groups is 2. The van der Waals surface area contributed by atoms with Crippen LogP contribution in [0.5, 0.6) is 0 Å². The molecule has 1 aromatic heterocycles. The topological polar surface area (TPSA) is 62.0 Å². The van der Waals surface area contributed by atoms with E-state index >= 15 is 0 Å². The third kappa shape index (κ3) is 4.62. The van der Waals surface area contributed by atoms with Crippen molar-refractivity contribution in [3.05, 3.63) is 94.8 Å². The van der Waals surface area contributed by atoms with Gasteiger partial charge in [-0.3, -0.25) is 9.59 Å². The van der Waals surface area contributed by atoms with Gasteiger partial charge < -0.3 is 10.3 Å². The summed E-state index contributed by atoms with van der Waals surface area (Å²) >= 11 is 0. The number of aromatic nitrogens is 1. The lowest BCUT2D eigenvalue weighted by molar-refractivity contribution is -0.117. The van der Waals surface area contributed by atoms with Crippen LogP contribution in [0, 0.1) is 11.7 Å². The van der Waals surface area contributed by atoms with Gasteiger partial charge in [0.2, 0.25) is 5.91 Å². The van der Waals surface area contributed by atoms with Crippen LogP contribution in [0.3, 0.4) is 0 Å². The van der Waals surface area contributed by atoms with Gasteiger partial charge in [-0.05, 0) is 73.9 Å². The van der Waals surface area contributed by atoms with Gasteiger partial charge in [-0.1, -0.05) is 54.1 Å². The number of amides is 1. The lowest BCUT2D eigenvalue weighted by Gasteiger charge is -2.12. The fourth-order valence-corrected chi connectivity index (χ4v) is 5.57. The van der Waals surface area contributed by atoms with Gasteiger partial charge in [-0.2, -0.15) is 0 Å². The minimum atomic E-state index is -0.277. The molecule has 2 unspecified atom stereocenters. The number of carbonyl (C=O) groups excluding carboxylic acids is 2. The summed E-state index contributed by atoms with van der Waals surface area (Å²) in [6.45, 7) is 2.15. The van der Waals surface area contributed by atoms with Crippen molar-refractivity contribution < 1.29 is 14.0 Å². The zero-order chi connectivity index (χ0) is 25.5. The van der Waals surface area contributed by atoms with Crippen LogP contribution in [0.4, 0.5) is 10.1 Å². The first-order chi connectivity index (χ1) is 18.0. The van der Waals surface area contributed by atoms with E-state index in [9.17, 15) is 14.0 Å². The van der Waals surface area contributed by atoms with Gasteiger partial charge in [0.05, 0.1) is 5.69 Å². The maximum atomic E-state index is 13.4. The third-order valence-electron chi connectivity index (χ3n) is 7.61. The van der Waals surface area contributed by atoms with E-state index in [1.807, 2.05) is 30.3 Å². The van der Waals surface area contributed by atoms with Crippen molar-refractivity contribution in [2.75, 3.05) is 5.32 Å². The predicted octanol–water partition coefficient (Wildman–Crippen LogP) is 7.88. The number of aromatic amines is 1. The molecule has 2 aliphatic rings. The summed E-state index contributed by atoms with van der Waals surface area (Å²) in [5.41, 5.74) is 7.44. The molecule has 0 spiro atoms. The summed E-state index contributed by atoms with van der Waals surface area (Å²) in [5.74, 6) is -0.307. The van der Waals surface area contributed by atoms with Crippen LogP contribution < -0.4 is 5.32 Å². The molecule has 3 aromatic carbocycles. The van der Waals surface area contributed by atoms with Crippen LogP contribution in [0.1, 0.15) is 66.4 Å². The smallest absolute Gasteiger partial charge is 0.228 e. The summed E-state index contributed by atoms with van der Waals surface area (Å²) in [7, 11) is 0. The minimum absolute atomic E-state index is 0.0704. The Kier molecular flexibility index (Phi) is 5.99. The second kappa shape index (κ2) is 9.47. The molecule has 4 nitrogen and oxygen atoms in total. The SMILES string of the molecule is C/C1=C/c2c(-c3ccccc3)[nH]c3cc(NC(=O)C4CC4c4ccc(F)cc4)cc(c23)C(=O)CCCC1. The lowest BCUT2D eigenvalue weighted by atomic mass is 9.93. The van der Waals surface area contributed by atoms with Gasteiger partial charge in [0.15, 0.2) is 5.78 Å². The zero-order valence-corrected chi connectivity index (χ0v) is 20.8. The van der Waals surface area contributed by atoms with Crippen molar-refractivity contribution in [3.8, 4) is 11.3 Å². The lowest BCUT2D eigenvalue weighted by Crippen LogP contribution is -2.15. The first-order valence-electron chi connectivity index (χ1n) is 13.0. The number of H-pyrrole nitrogens is 1. The van der Waals surface area contributed by atoms with Gasteiger partial charge in [0, 0.05) is 40.1 Å². The molecule has 0 aliphatic heterocycles. The van der Waals surface area contributed by atoms with Crippen LogP contribution in [0.15, 0.2) is 72.3 Å². The van der Waals surface area contributed by atoms with Gasteiger partial charge in [0.1, 0.15) is 5.82 Å². The van der Waals surface area contributed by atoms with E-state index in [0.29, 0.717) is 17.7 Å². The normalized spacial score (nSPS) is 20.8. The van der Waals surface area contributed by atoms with E-state index in [0.717, 1.165) is 59.0 Å². The largest absolute Gasteiger partial charge is 0.354 e. The number of hydrogen-bond donors (Lipinski definition) is 2. The number of rotatable bonds is 4. The first-order valence-corrected chi connectivity index (χ1v) is 13.0. The molecule has 37 heavy (non-hydrogen) atoms. The Hall–Kier alpha value is -3.99. The monoisotopic (exact) mass is 492 g/mol. The fourth-order valence-electron chi connectivity index (χ4n) is 5.57. The number of hydrogen-bond acceptors (Lipinski definition) is 2. The molecule has 2 N–H and O–H groups in total. The van der Waals surface area contributed by atoms with Gasteiger partial charge in [-0.15, -0.1) is 0 Å². The zero-order valence-electron chi connectivity index (χ0n) is 20.8. The molecule has 186 valence electrons. The van der Waals surface area contributed by atoms with E-state index in [2.05, 4.69) is 35.4 Å². The molecule has 2 atom stereocenters. The van der Waals surface area contributed by atoms with Crippen molar-refractivity contribution in [2.24, 2.45) is 5.92 Å². The van der Waals surface area contributed by atoms with Crippen molar-refractivity contribution in [2.45, 2.75) is 44.9 Å². The molecule has 2 aliphatic carbocycles. The van der Waals surface area contributed by atoms with Gasteiger partial charge in [0.25, 0.3) is 0 Å². The van der Waals surface area contributed by atoms with E-state index in [-0.39, 0.29) is 29.3 Å². The van der Waals surface area contributed by atoms with Crippen LogP contribution >= 0.6 is 0 Å². The Bertz CT molecular complexity index is 1530. The fraction of sp³-hybridized carbons (Fsp3) is 0.250. The van der Waals surface area contributed by atoms with Crippen LogP contribution in [-0.4, -0.2) is 16.7 Å². The highest BCUT2D eigenvalue weighted by atomic mass is 19.1. The molecule has 4 aromatic rings. The molecule has 1 fully saturated rings. The Morgan fingerprint density at radius 1 is 1.00 bits per heavy atom. The number of allylic oxidation sites excluding steroid dienone is 1. The summed E-state index contributed by atoms with van der Waals surface area (Å²) in [4.78, 5) is 30.1. The van der Waals surface area contributed by atoms with Crippen molar-refractivity contribution in [3.63, 3.8) is 0 Å². The summed E-state index contributed by atoms with van der Waals surface area (Å²) in [6.07, 6.45) is 6.21. The predicted molar refractivity (Wildman–Crippen MR) is 146 cm³/mol. The van der Waals surface area contributed by atoms with Crippen molar-refractivity contribution in [1.82, 2.24) is 4.98 Å². The Morgan fingerprint density at radius 3 is 2.54 bits per heavy atom. The Morgan fingerprint density at radius 2 is 1.76 bits per heavy atom.